The van der Waals surface area contributed by atoms with E-state index in [-0.39, 0.29) is 16.6 Å². The van der Waals surface area contributed by atoms with Crippen molar-refractivity contribution in [2.75, 3.05) is 14.1 Å². The standard InChI is InChI=1S/C17H15BrN4O3S/c1-20(2)17-21(16(23)11-6-5-7-12(18)10-11)19-15-13-8-3-4-9-14(13)26(24,25)22(15)17/h3-10,17H,1-2H3/t17-/m0/s1. The molecule has 2 aliphatic rings. The molecule has 0 saturated carbocycles. The Labute approximate surface area is 159 Å². The fraction of sp³-hybridized carbons (Fsp3) is 0.176. The first-order valence-corrected chi connectivity index (χ1v) is 10.0. The van der Waals surface area contributed by atoms with Crippen LogP contribution in [0.1, 0.15) is 15.9 Å². The second-order valence-electron chi connectivity index (χ2n) is 6.19. The highest BCUT2D eigenvalue weighted by Crippen LogP contribution is 2.38. The van der Waals surface area contributed by atoms with Gasteiger partial charge in [0.1, 0.15) is 0 Å². The predicted molar refractivity (Wildman–Crippen MR) is 99.8 cm³/mol. The molecule has 7 nitrogen and oxygen atoms in total. The molecule has 26 heavy (non-hydrogen) atoms. The summed E-state index contributed by atoms with van der Waals surface area (Å²) in [6.07, 6.45) is -0.867. The number of rotatable bonds is 2. The van der Waals surface area contributed by atoms with Crippen LogP contribution in [0, 0.1) is 0 Å². The highest BCUT2D eigenvalue weighted by atomic mass is 79.9. The van der Waals surface area contributed by atoms with E-state index in [2.05, 4.69) is 21.0 Å². The van der Waals surface area contributed by atoms with E-state index in [4.69, 9.17) is 0 Å². The van der Waals surface area contributed by atoms with Gasteiger partial charge < -0.3 is 0 Å². The molecule has 0 fully saturated rings. The molecule has 9 heteroatoms. The maximum Gasteiger partial charge on any atom is 0.277 e. The molecule has 0 spiro atoms. The van der Waals surface area contributed by atoms with E-state index in [9.17, 15) is 13.2 Å². The highest BCUT2D eigenvalue weighted by molar-refractivity contribution is 9.10. The molecule has 2 aromatic carbocycles. The van der Waals surface area contributed by atoms with E-state index < -0.39 is 16.3 Å². The Bertz CT molecular complexity index is 1050. The van der Waals surface area contributed by atoms with Gasteiger partial charge in [-0.25, -0.2) is 12.7 Å². The van der Waals surface area contributed by atoms with Crippen LogP contribution in [0.25, 0.3) is 0 Å². The van der Waals surface area contributed by atoms with Gasteiger partial charge in [-0.3, -0.25) is 9.69 Å². The zero-order valence-corrected chi connectivity index (χ0v) is 16.4. The van der Waals surface area contributed by atoms with Crippen LogP contribution >= 0.6 is 15.9 Å². The van der Waals surface area contributed by atoms with Crippen molar-refractivity contribution >= 4 is 37.7 Å². The Morgan fingerprint density at radius 1 is 1.15 bits per heavy atom. The third-order valence-electron chi connectivity index (χ3n) is 4.25. The van der Waals surface area contributed by atoms with Gasteiger partial charge >= 0.3 is 0 Å². The van der Waals surface area contributed by atoms with Crippen LogP contribution in [0.4, 0.5) is 0 Å². The number of amides is 1. The van der Waals surface area contributed by atoms with Crippen LogP contribution in [0.5, 0.6) is 0 Å². The quantitative estimate of drug-likeness (QED) is 0.725. The van der Waals surface area contributed by atoms with Gasteiger partial charge in [-0.1, -0.05) is 34.1 Å². The molecule has 2 aromatic rings. The normalized spacial score (nSPS) is 20.2. The molecule has 0 radical (unpaired) electrons. The number of halogens is 1. The minimum Gasteiger partial charge on any atom is -0.270 e. The Hall–Kier alpha value is -2.23. The molecule has 134 valence electrons. The van der Waals surface area contributed by atoms with E-state index >= 15 is 0 Å². The van der Waals surface area contributed by atoms with E-state index in [0.717, 1.165) is 4.47 Å². The molecule has 0 N–H and O–H groups in total. The van der Waals surface area contributed by atoms with Crippen LogP contribution in [-0.2, 0) is 10.0 Å². The molecule has 4 rings (SSSR count). The van der Waals surface area contributed by atoms with Gasteiger partial charge in [0, 0.05) is 15.6 Å². The third-order valence-corrected chi connectivity index (χ3v) is 6.53. The first-order valence-electron chi connectivity index (χ1n) is 7.80. The number of hydrogen-bond donors (Lipinski definition) is 0. The molecule has 0 saturated heterocycles. The summed E-state index contributed by atoms with van der Waals surface area (Å²) in [5.74, 6) is -0.109. The van der Waals surface area contributed by atoms with Gasteiger partial charge in [-0.2, -0.15) is 5.01 Å². The number of amidine groups is 1. The summed E-state index contributed by atoms with van der Waals surface area (Å²) in [4.78, 5) is 14.9. The largest absolute Gasteiger partial charge is 0.277 e. The van der Waals surface area contributed by atoms with Gasteiger partial charge in [0.15, 0.2) is 12.1 Å². The molecular weight excluding hydrogens is 420 g/mol. The monoisotopic (exact) mass is 434 g/mol. The minimum atomic E-state index is -3.78. The molecule has 1 atom stereocenters. The molecule has 0 aromatic heterocycles. The molecule has 0 aliphatic carbocycles. The topological polar surface area (TPSA) is 73.3 Å². The molecule has 2 heterocycles. The minimum absolute atomic E-state index is 0.208. The van der Waals surface area contributed by atoms with Gasteiger partial charge in [-0.15, -0.1) is 5.10 Å². The molecule has 2 aliphatic heterocycles. The number of hydrazone groups is 1. The third kappa shape index (κ3) is 2.38. The van der Waals surface area contributed by atoms with E-state index in [0.29, 0.717) is 11.1 Å². The first-order chi connectivity index (χ1) is 12.3. The lowest BCUT2D eigenvalue weighted by Gasteiger charge is -2.32. The van der Waals surface area contributed by atoms with E-state index in [1.165, 1.54) is 9.31 Å². The van der Waals surface area contributed by atoms with Crippen molar-refractivity contribution in [2.45, 2.75) is 11.2 Å². The zero-order chi connectivity index (χ0) is 18.6. The summed E-state index contributed by atoms with van der Waals surface area (Å²) in [6, 6.07) is 13.6. The number of hydrogen-bond acceptors (Lipinski definition) is 5. The Kier molecular flexibility index (Phi) is 3.90. The smallest absolute Gasteiger partial charge is 0.270 e. The van der Waals surface area contributed by atoms with Crippen molar-refractivity contribution in [3.05, 3.63) is 64.1 Å². The van der Waals surface area contributed by atoms with Crippen molar-refractivity contribution in [1.82, 2.24) is 14.2 Å². The zero-order valence-electron chi connectivity index (χ0n) is 14.0. The first kappa shape index (κ1) is 17.2. The SMILES string of the molecule is CN(C)[C@H]1N(C(=O)c2cccc(Br)c2)N=C2c3ccccc3S(=O)(=O)N21. The lowest BCUT2D eigenvalue weighted by atomic mass is 10.2. The number of fused-ring (bicyclic) bond motifs is 3. The number of benzene rings is 2. The molecule has 0 unspecified atom stereocenters. The Balaban J connectivity index is 1.86. The average molecular weight is 435 g/mol. The van der Waals surface area contributed by atoms with Crippen molar-refractivity contribution in [3.8, 4) is 0 Å². The number of carbonyl (C=O) groups excluding carboxylic acids is 1. The molecule has 1 amide bonds. The summed E-state index contributed by atoms with van der Waals surface area (Å²) in [5, 5.41) is 5.60. The van der Waals surface area contributed by atoms with Crippen molar-refractivity contribution in [3.63, 3.8) is 0 Å². The highest BCUT2D eigenvalue weighted by Gasteiger charge is 2.52. The Morgan fingerprint density at radius 2 is 1.88 bits per heavy atom. The van der Waals surface area contributed by atoms with Gasteiger partial charge in [0.25, 0.3) is 15.9 Å². The van der Waals surface area contributed by atoms with Crippen molar-refractivity contribution < 1.29 is 13.2 Å². The van der Waals surface area contributed by atoms with Gasteiger partial charge in [-0.05, 0) is 44.4 Å². The van der Waals surface area contributed by atoms with Crippen molar-refractivity contribution in [1.29, 1.82) is 0 Å². The summed E-state index contributed by atoms with van der Waals surface area (Å²) in [6.45, 7) is 0. The summed E-state index contributed by atoms with van der Waals surface area (Å²) in [7, 11) is -0.354. The van der Waals surface area contributed by atoms with Crippen LogP contribution in [0.3, 0.4) is 0 Å². The summed E-state index contributed by atoms with van der Waals surface area (Å²) >= 11 is 3.35. The lowest BCUT2D eigenvalue weighted by Crippen LogP contribution is -2.53. The lowest BCUT2D eigenvalue weighted by molar-refractivity contribution is 0.0341. The summed E-state index contributed by atoms with van der Waals surface area (Å²) in [5.41, 5.74) is 0.923. The number of nitrogens with zero attached hydrogens (tertiary/aromatic N) is 4. The van der Waals surface area contributed by atoms with E-state index in [1.54, 1.807) is 61.5 Å². The number of carbonyl (C=O) groups is 1. The van der Waals surface area contributed by atoms with Gasteiger partial charge in [0.05, 0.1) is 4.90 Å². The second-order valence-corrected chi connectivity index (χ2v) is 8.89. The summed E-state index contributed by atoms with van der Waals surface area (Å²) < 4.78 is 28.0. The maximum absolute atomic E-state index is 13.0. The fourth-order valence-electron chi connectivity index (χ4n) is 3.13. The van der Waals surface area contributed by atoms with E-state index in [1.807, 2.05) is 6.07 Å². The molecule has 0 bridgehead atoms. The Morgan fingerprint density at radius 3 is 2.58 bits per heavy atom. The second kappa shape index (κ2) is 5.90. The van der Waals surface area contributed by atoms with Crippen LogP contribution < -0.4 is 0 Å². The number of sulfonamides is 1. The van der Waals surface area contributed by atoms with Crippen LogP contribution in [0.2, 0.25) is 0 Å². The molecular formula is C17H15BrN4O3S. The van der Waals surface area contributed by atoms with Crippen LogP contribution in [-0.4, -0.2) is 54.8 Å². The predicted octanol–water partition coefficient (Wildman–Crippen LogP) is 2.12. The van der Waals surface area contributed by atoms with Crippen molar-refractivity contribution in [2.24, 2.45) is 5.10 Å². The average Bonchev–Trinajstić information content (AvgIpc) is 3.10. The fourth-order valence-corrected chi connectivity index (χ4v) is 5.32. The van der Waals surface area contributed by atoms with Crippen LogP contribution in [0.15, 0.2) is 63.0 Å². The van der Waals surface area contributed by atoms with Gasteiger partial charge in [0.2, 0.25) is 0 Å². The maximum atomic E-state index is 13.0.